The highest BCUT2D eigenvalue weighted by molar-refractivity contribution is 6.15. The number of hydrogen-bond donors (Lipinski definition) is 3. The van der Waals surface area contributed by atoms with Crippen LogP contribution in [0.3, 0.4) is 0 Å². The first kappa shape index (κ1) is 26.0. The first-order valence-corrected chi connectivity index (χ1v) is 12.5. The molecule has 196 valence electrons. The number of Topliss-reactive ketones (excluding diaryl/α,β-unsaturated/α-hetero) is 1. The van der Waals surface area contributed by atoms with E-state index < -0.39 is 30.3 Å². The number of amides is 1. The van der Waals surface area contributed by atoms with Gasteiger partial charge in [-0.25, -0.2) is 8.78 Å². The standard InChI is InChI=1S/C32H26F2N2O3/c33-32(34)18-19-35-28-13-7-6-12-26(28)29(32)27(20-37)30(38)22-14-16-23(17-15-22)36-31(39)25-11-5-4-10-24(25)21-8-2-1-3-9-21/h1-17,35,37H,18-20H2,(H,36,39). The minimum Gasteiger partial charge on any atom is -0.392 e. The van der Waals surface area contributed by atoms with Gasteiger partial charge in [0.05, 0.1) is 6.61 Å². The SMILES string of the molecule is O=C(C(CO)=C1c2ccccc2NCCC1(F)F)c1ccc(NC(=O)c2ccccc2-c2ccccc2)cc1. The summed E-state index contributed by atoms with van der Waals surface area (Å²) >= 11 is 0. The zero-order valence-electron chi connectivity index (χ0n) is 21.0. The normalized spacial score (nSPS) is 15.4. The number of aliphatic hydroxyl groups excluding tert-OH is 1. The van der Waals surface area contributed by atoms with E-state index in [0.717, 1.165) is 11.1 Å². The number of ketones is 1. The number of aliphatic hydroxyl groups is 1. The molecule has 1 heterocycles. The molecule has 1 aliphatic heterocycles. The largest absolute Gasteiger partial charge is 0.392 e. The van der Waals surface area contributed by atoms with Crippen molar-refractivity contribution in [2.75, 3.05) is 23.8 Å². The number of allylic oxidation sites excluding steroid dienone is 1. The smallest absolute Gasteiger partial charge is 0.276 e. The Labute approximate surface area is 224 Å². The van der Waals surface area contributed by atoms with Crippen molar-refractivity contribution < 1.29 is 23.5 Å². The second kappa shape index (κ2) is 11.0. The molecule has 0 atom stereocenters. The van der Waals surface area contributed by atoms with E-state index in [0.29, 0.717) is 16.9 Å². The van der Waals surface area contributed by atoms with Crippen LogP contribution in [0.25, 0.3) is 16.7 Å². The van der Waals surface area contributed by atoms with Crippen molar-refractivity contribution in [3.05, 3.63) is 125 Å². The minimum atomic E-state index is -3.31. The summed E-state index contributed by atoms with van der Waals surface area (Å²) in [5, 5.41) is 15.9. The zero-order chi connectivity index (χ0) is 27.4. The summed E-state index contributed by atoms with van der Waals surface area (Å²) in [5.74, 6) is -4.34. The number of fused-ring (bicyclic) bond motifs is 1. The lowest BCUT2D eigenvalue weighted by Crippen LogP contribution is -2.24. The number of para-hydroxylation sites is 1. The number of halogens is 2. The Bertz CT molecular complexity index is 1550. The molecular formula is C32H26F2N2O3. The van der Waals surface area contributed by atoms with Crippen molar-refractivity contribution in [1.29, 1.82) is 0 Å². The molecule has 4 aromatic carbocycles. The molecule has 0 fully saturated rings. The van der Waals surface area contributed by atoms with Gasteiger partial charge in [0.15, 0.2) is 5.78 Å². The third kappa shape index (κ3) is 5.35. The van der Waals surface area contributed by atoms with Gasteiger partial charge in [0.25, 0.3) is 11.8 Å². The number of hydrogen-bond acceptors (Lipinski definition) is 4. The lowest BCUT2D eigenvalue weighted by Gasteiger charge is -2.21. The number of carbonyl (C=O) groups is 2. The average Bonchev–Trinajstić information content (AvgIpc) is 3.09. The molecule has 5 rings (SSSR count). The third-order valence-electron chi connectivity index (χ3n) is 6.71. The fourth-order valence-corrected chi connectivity index (χ4v) is 4.81. The number of rotatable bonds is 6. The van der Waals surface area contributed by atoms with Gasteiger partial charge in [-0.05, 0) is 47.5 Å². The molecule has 0 radical (unpaired) electrons. The van der Waals surface area contributed by atoms with E-state index in [1.807, 2.05) is 42.5 Å². The predicted octanol–water partition coefficient (Wildman–Crippen LogP) is 6.69. The molecule has 3 N–H and O–H groups in total. The van der Waals surface area contributed by atoms with E-state index in [4.69, 9.17) is 0 Å². The van der Waals surface area contributed by atoms with Crippen molar-refractivity contribution in [2.24, 2.45) is 0 Å². The van der Waals surface area contributed by atoms with E-state index in [-0.39, 0.29) is 29.2 Å². The van der Waals surface area contributed by atoms with Crippen molar-refractivity contribution in [1.82, 2.24) is 0 Å². The molecule has 5 nitrogen and oxygen atoms in total. The summed E-state index contributed by atoms with van der Waals surface area (Å²) in [4.78, 5) is 26.5. The van der Waals surface area contributed by atoms with Gasteiger partial charge in [-0.3, -0.25) is 9.59 Å². The van der Waals surface area contributed by atoms with Crippen LogP contribution in [0.4, 0.5) is 20.2 Å². The van der Waals surface area contributed by atoms with E-state index in [1.54, 1.807) is 30.3 Å². The molecule has 0 unspecified atom stereocenters. The van der Waals surface area contributed by atoms with Gasteiger partial charge >= 0.3 is 0 Å². The van der Waals surface area contributed by atoms with Crippen molar-refractivity contribution in [2.45, 2.75) is 12.3 Å². The lowest BCUT2D eigenvalue weighted by atomic mass is 9.89. The van der Waals surface area contributed by atoms with Gasteiger partial charge in [0, 0.05) is 52.2 Å². The second-order valence-electron chi connectivity index (χ2n) is 9.21. The monoisotopic (exact) mass is 524 g/mol. The Kier molecular flexibility index (Phi) is 7.34. The summed E-state index contributed by atoms with van der Waals surface area (Å²) in [6.07, 6.45) is -0.511. The molecule has 0 aromatic heterocycles. The van der Waals surface area contributed by atoms with Crippen LogP contribution in [0.2, 0.25) is 0 Å². The van der Waals surface area contributed by atoms with Crippen LogP contribution < -0.4 is 10.6 Å². The molecule has 0 bridgehead atoms. The number of anilines is 2. The van der Waals surface area contributed by atoms with Crippen LogP contribution in [-0.2, 0) is 0 Å². The van der Waals surface area contributed by atoms with E-state index in [1.165, 1.54) is 30.3 Å². The summed E-state index contributed by atoms with van der Waals surface area (Å²) in [6.45, 7) is -0.810. The average molecular weight is 525 g/mol. The van der Waals surface area contributed by atoms with Crippen molar-refractivity contribution in [3.8, 4) is 11.1 Å². The number of benzene rings is 4. The van der Waals surface area contributed by atoms with E-state index in [2.05, 4.69) is 10.6 Å². The highest BCUT2D eigenvalue weighted by Crippen LogP contribution is 2.43. The Morgan fingerprint density at radius 2 is 1.46 bits per heavy atom. The molecule has 0 spiro atoms. The van der Waals surface area contributed by atoms with Crippen LogP contribution in [0, 0.1) is 0 Å². The Balaban J connectivity index is 1.43. The van der Waals surface area contributed by atoms with Gasteiger partial charge in [-0.2, -0.15) is 0 Å². The summed E-state index contributed by atoms with van der Waals surface area (Å²) in [6, 6.07) is 29.3. The minimum absolute atomic E-state index is 0.0300. The van der Waals surface area contributed by atoms with Crippen LogP contribution >= 0.6 is 0 Å². The van der Waals surface area contributed by atoms with Crippen molar-refractivity contribution >= 4 is 28.6 Å². The fraction of sp³-hybridized carbons (Fsp3) is 0.125. The van der Waals surface area contributed by atoms with Gasteiger partial charge < -0.3 is 15.7 Å². The lowest BCUT2D eigenvalue weighted by molar-refractivity contribution is 0.0600. The molecule has 39 heavy (non-hydrogen) atoms. The topological polar surface area (TPSA) is 78.4 Å². The highest BCUT2D eigenvalue weighted by atomic mass is 19.3. The fourth-order valence-electron chi connectivity index (χ4n) is 4.81. The maximum absolute atomic E-state index is 15.2. The first-order valence-electron chi connectivity index (χ1n) is 12.5. The van der Waals surface area contributed by atoms with E-state index in [9.17, 15) is 14.7 Å². The van der Waals surface area contributed by atoms with Crippen molar-refractivity contribution in [3.63, 3.8) is 0 Å². The van der Waals surface area contributed by atoms with Crippen LogP contribution in [0.5, 0.6) is 0 Å². The molecule has 0 saturated carbocycles. The first-order chi connectivity index (χ1) is 18.9. The quantitative estimate of drug-likeness (QED) is 0.194. The Morgan fingerprint density at radius 3 is 2.18 bits per heavy atom. The Morgan fingerprint density at radius 1 is 0.821 bits per heavy atom. The van der Waals surface area contributed by atoms with Crippen LogP contribution in [0.15, 0.2) is 109 Å². The zero-order valence-corrected chi connectivity index (χ0v) is 21.0. The van der Waals surface area contributed by atoms with Gasteiger partial charge in [-0.15, -0.1) is 0 Å². The number of nitrogens with one attached hydrogen (secondary N) is 2. The molecule has 0 aliphatic carbocycles. The second-order valence-corrected chi connectivity index (χ2v) is 9.21. The summed E-state index contributed by atoms with van der Waals surface area (Å²) in [7, 11) is 0. The van der Waals surface area contributed by atoms with Crippen LogP contribution in [0.1, 0.15) is 32.7 Å². The molecule has 7 heteroatoms. The van der Waals surface area contributed by atoms with Crippen LogP contribution in [-0.4, -0.2) is 35.9 Å². The molecule has 4 aromatic rings. The number of carbonyl (C=O) groups excluding carboxylic acids is 2. The molecular weight excluding hydrogens is 498 g/mol. The molecule has 1 amide bonds. The third-order valence-corrected chi connectivity index (χ3v) is 6.71. The summed E-state index contributed by atoms with van der Waals surface area (Å²) in [5.41, 5.74) is 2.58. The predicted molar refractivity (Wildman–Crippen MR) is 149 cm³/mol. The van der Waals surface area contributed by atoms with E-state index >= 15 is 8.78 Å². The molecule has 0 saturated heterocycles. The maximum atomic E-state index is 15.2. The number of alkyl halides is 2. The molecule has 1 aliphatic rings. The van der Waals surface area contributed by atoms with Gasteiger partial charge in [0.2, 0.25) is 0 Å². The Hall–Kier alpha value is -4.62. The summed E-state index contributed by atoms with van der Waals surface area (Å²) < 4.78 is 30.5. The highest BCUT2D eigenvalue weighted by Gasteiger charge is 2.41. The maximum Gasteiger partial charge on any atom is 0.276 e. The van der Waals surface area contributed by atoms with Gasteiger partial charge in [0.1, 0.15) is 0 Å². The van der Waals surface area contributed by atoms with Gasteiger partial charge in [-0.1, -0.05) is 66.7 Å².